The molecule has 184 valence electrons. The Balaban J connectivity index is 2.95. The van der Waals surface area contributed by atoms with E-state index in [1.165, 1.54) is 23.9 Å². The van der Waals surface area contributed by atoms with Crippen molar-refractivity contribution in [1.29, 1.82) is 0 Å². The van der Waals surface area contributed by atoms with E-state index < -0.39 is 41.8 Å². The topological polar surface area (TPSA) is 171 Å². The van der Waals surface area contributed by atoms with E-state index in [4.69, 9.17) is 5.73 Å². The molecule has 0 radical (unpaired) electrons. The maximum Gasteiger partial charge on any atom is 0.326 e. The molecule has 0 aliphatic carbocycles. The summed E-state index contributed by atoms with van der Waals surface area (Å²) in [6.45, 7) is 3.48. The Kier molecular flexibility index (Phi) is 12.3. The molecule has 0 aliphatic heterocycles. The maximum absolute atomic E-state index is 12.9. The highest BCUT2D eigenvalue weighted by Crippen LogP contribution is 2.12. The molecule has 0 saturated heterocycles. The summed E-state index contributed by atoms with van der Waals surface area (Å²) in [5.74, 6) is -2.18. The second-order valence-electron chi connectivity index (χ2n) is 8.07. The van der Waals surface area contributed by atoms with E-state index in [0.29, 0.717) is 17.7 Å². The Bertz CT molecular complexity index is 803. The van der Waals surface area contributed by atoms with Crippen LogP contribution in [0, 0.1) is 5.92 Å². The molecule has 0 fully saturated rings. The molecule has 0 heterocycles. The summed E-state index contributed by atoms with van der Waals surface area (Å²) in [5, 5.41) is 26.7. The van der Waals surface area contributed by atoms with Gasteiger partial charge in [-0.1, -0.05) is 26.0 Å². The van der Waals surface area contributed by atoms with Crippen molar-refractivity contribution in [2.24, 2.45) is 11.7 Å². The summed E-state index contributed by atoms with van der Waals surface area (Å²) >= 11 is 1.51. The van der Waals surface area contributed by atoms with E-state index in [9.17, 15) is 29.4 Å². The summed E-state index contributed by atoms with van der Waals surface area (Å²) in [6, 6.07) is 2.94. The minimum Gasteiger partial charge on any atom is -0.508 e. The molecular formula is C22H34N4O6S. The van der Waals surface area contributed by atoms with Crippen LogP contribution in [0.1, 0.15) is 32.3 Å². The van der Waals surface area contributed by atoms with Gasteiger partial charge in [0.1, 0.15) is 23.9 Å². The number of nitrogens with two attached hydrogens (primary N) is 1. The number of carboxylic acid groups (broad SMARTS) is 1. The number of amides is 3. The van der Waals surface area contributed by atoms with E-state index >= 15 is 0 Å². The number of carboxylic acids is 1. The predicted molar refractivity (Wildman–Crippen MR) is 127 cm³/mol. The van der Waals surface area contributed by atoms with Crippen molar-refractivity contribution in [3.05, 3.63) is 29.8 Å². The van der Waals surface area contributed by atoms with Crippen LogP contribution in [-0.2, 0) is 25.6 Å². The van der Waals surface area contributed by atoms with Crippen LogP contribution in [0.3, 0.4) is 0 Å². The molecule has 0 saturated carbocycles. The van der Waals surface area contributed by atoms with Crippen LogP contribution < -0.4 is 21.7 Å². The van der Waals surface area contributed by atoms with E-state index in [1.54, 1.807) is 12.1 Å². The summed E-state index contributed by atoms with van der Waals surface area (Å²) < 4.78 is 0. The van der Waals surface area contributed by atoms with Crippen molar-refractivity contribution in [3.8, 4) is 5.75 Å². The van der Waals surface area contributed by atoms with Gasteiger partial charge >= 0.3 is 5.97 Å². The van der Waals surface area contributed by atoms with Gasteiger partial charge in [-0.05, 0) is 48.5 Å². The van der Waals surface area contributed by atoms with Gasteiger partial charge in [-0.3, -0.25) is 14.4 Å². The van der Waals surface area contributed by atoms with Crippen molar-refractivity contribution in [3.63, 3.8) is 0 Å². The number of carbonyl (C=O) groups is 4. The molecule has 1 rings (SSSR count). The van der Waals surface area contributed by atoms with Gasteiger partial charge in [-0.2, -0.15) is 11.8 Å². The number of carbonyl (C=O) groups excluding carboxylic acids is 3. The third-order valence-corrected chi connectivity index (χ3v) is 5.42. The number of thioether (sulfide) groups is 1. The van der Waals surface area contributed by atoms with Crippen molar-refractivity contribution in [1.82, 2.24) is 16.0 Å². The van der Waals surface area contributed by atoms with E-state index in [-0.39, 0.29) is 31.1 Å². The third-order valence-electron chi connectivity index (χ3n) is 4.78. The van der Waals surface area contributed by atoms with Gasteiger partial charge < -0.3 is 31.9 Å². The quantitative estimate of drug-likeness (QED) is 0.219. The van der Waals surface area contributed by atoms with Crippen LogP contribution in [0.5, 0.6) is 5.75 Å². The largest absolute Gasteiger partial charge is 0.508 e. The lowest BCUT2D eigenvalue weighted by Crippen LogP contribution is -2.56. The van der Waals surface area contributed by atoms with Gasteiger partial charge in [0, 0.05) is 6.42 Å². The predicted octanol–water partition coefficient (Wildman–Crippen LogP) is 0.232. The number of phenols is 1. The lowest BCUT2D eigenvalue weighted by molar-refractivity contribution is -0.142. The van der Waals surface area contributed by atoms with Gasteiger partial charge in [0.2, 0.25) is 17.7 Å². The van der Waals surface area contributed by atoms with Crippen LogP contribution in [-0.4, -0.2) is 70.6 Å². The van der Waals surface area contributed by atoms with Gasteiger partial charge in [0.05, 0.1) is 6.54 Å². The summed E-state index contributed by atoms with van der Waals surface area (Å²) in [7, 11) is 0. The van der Waals surface area contributed by atoms with Crippen LogP contribution in [0.25, 0.3) is 0 Å². The molecule has 0 bridgehead atoms. The molecule has 0 aromatic heterocycles. The SMILES string of the molecule is CSCCC(NC(=O)CN)C(=O)NC(CC(C)C)C(=O)NC(Cc1ccc(O)cc1)C(=O)O. The average Bonchev–Trinajstić information content (AvgIpc) is 2.76. The lowest BCUT2D eigenvalue weighted by atomic mass is 10.0. The number of hydrogen-bond acceptors (Lipinski definition) is 7. The van der Waals surface area contributed by atoms with Crippen molar-refractivity contribution < 1.29 is 29.4 Å². The summed E-state index contributed by atoms with van der Waals surface area (Å²) in [6.07, 6.45) is 2.51. The molecule has 0 spiro atoms. The van der Waals surface area contributed by atoms with Gasteiger partial charge in [0.25, 0.3) is 0 Å². The first kappa shape index (κ1) is 28.2. The van der Waals surface area contributed by atoms with Crippen LogP contribution in [0.15, 0.2) is 24.3 Å². The fourth-order valence-corrected chi connectivity index (χ4v) is 3.54. The monoisotopic (exact) mass is 482 g/mol. The molecule has 11 heteroatoms. The number of benzene rings is 1. The zero-order valence-electron chi connectivity index (χ0n) is 19.2. The minimum atomic E-state index is -1.22. The van der Waals surface area contributed by atoms with Crippen LogP contribution in [0.4, 0.5) is 0 Å². The highest BCUT2D eigenvalue weighted by molar-refractivity contribution is 7.98. The fourth-order valence-electron chi connectivity index (χ4n) is 3.07. The molecule has 3 amide bonds. The van der Waals surface area contributed by atoms with Crippen LogP contribution in [0.2, 0.25) is 0 Å². The summed E-state index contributed by atoms with van der Waals surface area (Å²) in [4.78, 5) is 49.3. The second kappa shape index (κ2) is 14.4. The lowest BCUT2D eigenvalue weighted by Gasteiger charge is -2.25. The summed E-state index contributed by atoms with van der Waals surface area (Å²) in [5.41, 5.74) is 5.95. The van der Waals surface area contributed by atoms with Crippen LogP contribution >= 0.6 is 11.8 Å². The number of aromatic hydroxyl groups is 1. The molecule has 3 unspecified atom stereocenters. The Morgan fingerprint density at radius 3 is 2.06 bits per heavy atom. The Morgan fingerprint density at radius 1 is 0.970 bits per heavy atom. The molecular weight excluding hydrogens is 448 g/mol. The number of hydrogen-bond donors (Lipinski definition) is 6. The van der Waals surface area contributed by atoms with Gasteiger partial charge in [-0.25, -0.2) is 4.79 Å². The molecule has 7 N–H and O–H groups in total. The van der Waals surface area contributed by atoms with Gasteiger partial charge in [-0.15, -0.1) is 0 Å². The van der Waals surface area contributed by atoms with Crippen molar-refractivity contribution >= 4 is 35.5 Å². The third kappa shape index (κ3) is 10.6. The van der Waals surface area contributed by atoms with E-state index in [1.807, 2.05) is 20.1 Å². The first-order chi connectivity index (χ1) is 15.6. The zero-order valence-corrected chi connectivity index (χ0v) is 20.0. The van der Waals surface area contributed by atoms with Gasteiger partial charge in [0.15, 0.2) is 0 Å². The highest BCUT2D eigenvalue weighted by atomic mass is 32.2. The molecule has 1 aromatic rings. The standard InChI is InChI=1S/C22H34N4O6S/c1-13(2)10-17(25-20(29)16(8-9-33-3)24-19(28)12-23)21(30)26-18(22(31)32)11-14-4-6-15(27)7-5-14/h4-7,13,16-18,27H,8-12,23H2,1-3H3,(H,24,28)(H,25,29)(H,26,30)(H,31,32). The molecule has 33 heavy (non-hydrogen) atoms. The first-order valence-corrected chi connectivity index (χ1v) is 12.1. The smallest absolute Gasteiger partial charge is 0.326 e. The second-order valence-corrected chi connectivity index (χ2v) is 9.05. The Morgan fingerprint density at radius 2 is 1.55 bits per heavy atom. The van der Waals surface area contributed by atoms with E-state index in [0.717, 1.165) is 0 Å². The molecule has 1 aromatic carbocycles. The zero-order chi connectivity index (χ0) is 25.0. The first-order valence-electron chi connectivity index (χ1n) is 10.7. The molecule has 3 atom stereocenters. The number of rotatable bonds is 14. The minimum absolute atomic E-state index is 0.00655. The van der Waals surface area contributed by atoms with Crippen molar-refractivity contribution in [2.45, 2.75) is 51.2 Å². The Labute approximate surface area is 198 Å². The molecule has 10 nitrogen and oxygen atoms in total. The number of aliphatic carboxylic acids is 1. The van der Waals surface area contributed by atoms with Crippen molar-refractivity contribution in [2.75, 3.05) is 18.6 Å². The fraction of sp³-hybridized carbons (Fsp3) is 0.545. The van der Waals surface area contributed by atoms with E-state index in [2.05, 4.69) is 16.0 Å². The average molecular weight is 483 g/mol. The highest BCUT2D eigenvalue weighted by Gasteiger charge is 2.30. The normalized spacial score (nSPS) is 13.6. The number of nitrogens with one attached hydrogen (secondary N) is 3. The molecule has 0 aliphatic rings. The Hall–Kier alpha value is -2.79. The maximum atomic E-state index is 12.9. The number of phenolic OH excluding ortho intramolecular Hbond substituents is 1.